The Bertz CT molecular complexity index is 256. The highest BCUT2D eigenvalue weighted by Crippen LogP contribution is 2.17. The maximum atomic E-state index is 5.13. The standard InChI is InChI=1S/C10H12O2/c1-3-12-8-9-6-4-5-7-10(9)11-2/h3-7H,1,8H2,2H3. The summed E-state index contributed by atoms with van der Waals surface area (Å²) in [7, 11) is 1.65. The van der Waals surface area contributed by atoms with Crippen LogP contribution in [-0.4, -0.2) is 7.11 Å². The highest BCUT2D eigenvalue weighted by Gasteiger charge is 1.99. The van der Waals surface area contributed by atoms with E-state index in [9.17, 15) is 0 Å². The smallest absolute Gasteiger partial charge is 0.125 e. The van der Waals surface area contributed by atoms with Crippen molar-refractivity contribution in [2.75, 3.05) is 7.11 Å². The third-order valence-corrected chi connectivity index (χ3v) is 1.55. The summed E-state index contributed by atoms with van der Waals surface area (Å²) >= 11 is 0. The molecule has 12 heavy (non-hydrogen) atoms. The van der Waals surface area contributed by atoms with Crippen molar-refractivity contribution in [3.8, 4) is 5.75 Å². The first kappa shape index (κ1) is 8.65. The van der Waals surface area contributed by atoms with E-state index in [4.69, 9.17) is 9.47 Å². The maximum Gasteiger partial charge on any atom is 0.125 e. The second-order valence-electron chi connectivity index (χ2n) is 2.29. The van der Waals surface area contributed by atoms with E-state index in [-0.39, 0.29) is 0 Å². The Hall–Kier alpha value is -1.44. The lowest BCUT2D eigenvalue weighted by atomic mass is 10.2. The lowest BCUT2D eigenvalue weighted by Crippen LogP contribution is -1.92. The molecule has 0 unspecified atom stereocenters. The summed E-state index contributed by atoms with van der Waals surface area (Å²) in [6, 6.07) is 7.74. The molecular weight excluding hydrogens is 152 g/mol. The lowest BCUT2D eigenvalue weighted by Gasteiger charge is -2.06. The van der Waals surface area contributed by atoms with E-state index >= 15 is 0 Å². The van der Waals surface area contributed by atoms with Gasteiger partial charge < -0.3 is 9.47 Å². The van der Waals surface area contributed by atoms with Crippen molar-refractivity contribution in [3.05, 3.63) is 42.7 Å². The third kappa shape index (κ3) is 2.02. The van der Waals surface area contributed by atoms with Gasteiger partial charge in [0.05, 0.1) is 13.4 Å². The molecule has 0 saturated heterocycles. The molecule has 0 heterocycles. The molecular formula is C10H12O2. The van der Waals surface area contributed by atoms with Gasteiger partial charge in [-0.05, 0) is 6.07 Å². The molecule has 0 aliphatic heterocycles. The van der Waals surface area contributed by atoms with E-state index in [1.165, 1.54) is 6.26 Å². The summed E-state index contributed by atoms with van der Waals surface area (Å²) in [6.45, 7) is 3.98. The molecule has 0 aliphatic rings. The highest BCUT2D eigenvalue weighted by molar-refractivity contribution is 5.32. The van der Waals surface area contributed by atoms with Crippen LogP contribution in [0.2, 0.25) is 0 Å². The first-order valence-electron chi connectivity index (χ1n) is 3.73. The minimum atomic E-state index is 0.507. The molecule has 0 aromatic heterocycles. The molecule has 1 aromatic carbocycles. The largest absolute Gasteiger partial charge is 0.497 e. The van der Waals surface area contributed by atoms with Crippen molar-refractivity contribution in [2.24, 2.45) is 0 Å². The van der Waals surface area contributed by atoms with Crippen LogP contribution in [0.1, 0.15) is 5.56 Å². The van der Waals surface area contributed by atoms with Crippen LogP contribution in [-0.2, 0) is 11.3 Å². The quantitative estimate of drug-likeness (QED) is 0.636. The van der Waals surface area contributed by atoms with Gasteiger partial charge in [-0.25, -0.2) is 0 Å². The van der Waals surface area contributed by atoms with Gasteiger partial charge in [0.15, 0.2) is 0 Å². The molecule has 0 amide bonds. The van der Waals surface area contributed by atoms with Crippen molar-refractivity contribution in [2.45, 2.75) is 6.61 Å². The van der Waals surface area contributed by atoms with E-state index < -0.39 is 0 Å². The van der Waals surface area contributed by atoms with Crippen molar-refractivity contribution in [1.82, 2.24) is 0 Å². The number of hydrogen-bond acceptors (Lipinski definition) is 2. The van der Waals surface area contributed by atoms with Crippen molar-refractivity contribution >= 4 is 0 Å². The van der Waals surface area contributed by atoms with Crippen LogP contribution < -0.4 is 4.74 Å². The van der Waals surface area contributed by atoms with E-state index in [2.05, 4.69) is 6.58 Å². The highest BCUT2D eigenvalue weighted by atomic mass is 16.5. The fraction of sp³-hybridized carbons (Fsp3) is 0.200. The minimum Gasteiger partial charge on any atom is -0.497 e. The predicted octanol–water partition coefficient (Wildman–Crippen LogP) is 2.36. The van der Waals surface area contributed by atoms with Crippen LogP contribution in [0.4, 0.5) is 0 Å². The summed E-state index contributed by atoms with van der Waals surface area (Å²) in [6.07, 6.45) is 1.42. The van der Waals surface area contributed by atoms with Crippen LogP contribution in [0.5, 0.6) is 5.75 Å². The van der Waals surface area contributed by atoms with Gasteiger partial charge in [-0.3, -0.25) is 0 Å². The average molecular weight is 164 g/mol. The van der Waals surface area contributed by atoms with Gasteiger partial charge in [0.25, 0.3) is 0 Å². The molecule has 0 bridgehead atoms. The fourth-order valence-corrected chi connectivity index (χ4v) is 0.971. The number of para-hydroxylation sites is 1. The van der Waals surface area contributed by atoms with E-state index in [1.807, 2.05) is 24.3 Å². The number of hydrogen-bond donors (Lipinski definition) is 0. The molecule has 0 spiro atoms. The van der Waals surface area contributed by atoms with Crippen molar-refractivity contribution in [3.63, 3.8) is 0 Å². The van der Waals surface area contributed by atoms with Crippen LogP contribution in [0.15, 0.2) is 37.1 Å². The normalized spacial score (nSPS) is 9.08. The van der Waals surface area contributed by atoms with Gasteiger partial charge in [0.1, 0.15) is 12.4 Å². The average Bonchev–Trinajstić information content (AvgIpc) is 2.15. The van der Waals surface area contributed by atoms with Crippen LogP contribution in [0.25, 0.3) is 0 Å². The Morgan fingerprint density at radius 1 is 1.42 bits per heavy atom. The number of methoxy groups -OCH3 is 1. The second-order valence-corrected chi connectivity index (χ2v) is 2.29. The zero-order valence-electron chi connectivity index (χ0n) is 7.12. The Labute approximate surface area is 72.4 Å². The Balaban J connectivity index is 2.74. The second kappa shape index (κ2) is 4.44. The molecule has 0 N–H and O–H groups in total. The van der Waals surface area contributed by atoms with Crippen LogP contribution >= 0.6 is 0 Å². The SMILES string of the molecule is C=COCc1ccccc1OC. The van der Waals surface area contributed by atoms with Gasteiger partial charge in [0, 0.05) is 5.56 Å². The Kier molecular flexibility index (Phi) is 3.20. The van der Waals surface area contributed by atoms with E-state index in [0.717, 1.165) is 11.3 Å². The zero-order valence-corrected chi connectivity index (χ0v) is 7.12. The first-order chi connectivity index (χ1) is 5.88. The molecule has 2 nitrogen and oxygen atoms in total. The monoisotopic (exact) mass is 164 g/mol. The molecule has 1 rings (SSSR count). The van der Waals surface area contributed by atoms with Crippen molar-refractivity contribution in [1.29, 1.82) is 0 Å². The predicted molar refractivity (Wildman–Crippen MR) is 48.0 cm³/mol. The molecule has 0 fully saturated rings. The van der Waals surface area contributed by atoms with Crippen LogP contribution in [0.3, 0.4) is 0 Å². The van der Waals surface area contributed by atoms with Gasteiger partial charge >= 0.3 is 0 Å². The van der Waals surface area contributed by atoms with Crippen LogP contribution in [0, 0.1) is 0 Å². The van der Waals surface area contributed by atoms with Gasteiger partial charge in [-0.1, -0.05) is 24.8 Å². The number of benzene rings is 1. The Morgan fingerprint density at radius 3 is 2.83 bits per heavy atom. The summed E-state index contributed by atoms with van der Waals surface area (Å²) < 4.78 is 10.2. The molecule has 0 aliphatic carbocycles. The molecule has 64 valence electrons. The fourth-order valence-electron chi connectivity index (χ4n) is 0.971. The third-order valence-electron chi connectivity index (χ3n) is 1.55. The molecule has 0 atom stereocenters. The van der Waals surface area contributed by atoms with Gasteiger partial charge in [-0.15, -0.1) is 0 Å². The lowest BCUT2D eigenvalue weighted by molar-refractivity contribution is 0.232. The topological polar surface area (TPSA) is 18.5 Å². The van der Waals surface area contributed by atoms with E-state index in [1.54, 1.807) is 7.11 Å². The number of ether oxygens (including phenoxy) is 2. The van der Waals surface area contributed by atoms with E-state index in [0.29, 0.717) is 6.61 Å². The maximum absolute atomic E-state index is 5.13. The minimum absolute atomic E-state index is 0.507. The van der Waals surface area contributed by atoms with Gasteiger partial charge in [0.2, 0.25) is 0 Å². The summed E-state index contributed by atoms with van der Waals surface area (Å²) in [5, 5.41) is 0. The zero-order chi connectivity index (χ0) is 8.81. The molecule has 2 heteroatoms. The Morgan fingerprint density at radius 2 is 2.17 bits per heavy atom. The molecule has 1 aromatic rings. The summed E-state index contributed by atoms with van der Waals surface area (Å²) in [5.74, 6) is 0.847. The summed E-state index contributed by atoms with van der Waals surface area (Å²) in [4.78, 5) is 0. The molecule has 0 saturated carbocycles. The number of rotatable bonds is 4. The summed E-state index contributed by atoms with van der Waals surface area (Å²) in [5.41, 5.74) is 1.03. The van der Waals surface area contributed by atoms with Gasteiger partial charge in [-0.2, -0.15) is 0 Å². The van der Waals surface area contributed by atoms with Crippen molar-refractivity contribution < 1.29 is 9.47 Å². The first-order valence-corrected chi connectivity index (χ1v) is 3.73. The molecule has 0 radical (unpaired) electrons.